The van der Waals surface area contributed by atoms with Gasteiger partial charge in [-0.25, -0.2) is 19.3 Å². The van der Waals surface area contributed by atoms with Crippen molar-refractivity contribution < 1.29 is 13.9 Å². The standard InChI is InChI=1S/C17H18FN5O2S2/c1-24-12-3-2-10(6-13(12)25-5-4-18)16-21-11(8-26-16)9-27-17-22-14(19)7-15(20)23-17/h2-3,6-8H,4-5,9H2,1H3,(H4,19,20,22,23). The summed E-state index contributed by atoms with van der Waals surface area (Å²) >= 11 is 2.91. The van der Waals surface area contributed by atoms with Crippen LogP contribution in [0.5, 0.6) is 11.5 Å². The van der Waals surface area contributed by atoms with Gasteiger partial charge in [0, 0.05) is 22.8 Å². The maximum atomic E-state index is 12.4. The van der Waals surface area contributed by atoms with Crippen LogP contribution in [-0.2, 0) is 5.75 Å². The molecule has 10 heteroatoms. The summed E-state index contributed by atoms with van der Waals surface area (Å²) in [6, 6.07) is 6.98. The van der Waals surface area contributed by atoms with Gasteiger partial charge in [0.1, 0.15) is 29.9 Å². The summed E-state index contributed by atoms with van der Waals surface area (Å²) in [6.07, 6.45) is 0. The largest absolute Gasteiger partial charge is 0.493 e. The number of rotatable bonds is 8. The quantitative estimate of drug-likeness (QED) is 0.432. The zero-order valence-corrected chi connectivity index (χ0v) is 16.1. The van der Waals surface area contributed by atoms with Crippen LogP contribution in [-0.4, -0.2) is 35.3 Å². The average molecular weight is 407 g/mol. The van der Waals surface area contributed by atoms with Crippen LogP contribution in [0.2, 0.25) is 0 Å². The number of hydrogen-bond acceptors (Lipinski definition) is 9. The minimum absolute atomic E-state index is 0.0249. The van der Waals surface area contributed by atoms with Gasteiger partial charge in [-0.05, 0) is 18.2 Å². The summed E-state index contributed by atoms with van der Waals surface area (Å²) in [5.41, 5.74) is 13.1. The Morgan fingerprint density at radius 3 is 2.59 bits per heavy atom. The molecule has 2 aromatic heterocycles. The third-order valence-corrected chi connectivity index (χ3v) is 5.21. The molecule has 0 saturated carbocycles. The molecule has 0 fully saturated rings. The molecule has 0 amide bonds. The molecule has 142 valence electrons. The second-order valence-electron chi connectivity index (χ2n) is 5.34. The number of thiazole rings is 1. The van der Waals surface area contributed by atoms with Gasteiger partial charge in [0.25, 0.3) is 0 Å². The zero-order chi connectivity index (χ0) is 19.2. The van der Waals surface area contributed by atoms with Crippen molar-refractivity contribution in [3.05, 3.63) is 35.3 Å². The molecule has 0 spiro atoms. The number of anilines is 2. The van der Waals surface area contributed by atoms with Crippen LogP contribution in [0.3, 0.4) is 0 Å². The van der Waals surface area contributed by atoms with Gasteiger partial charge in [-0.15, -0.1) is 11.3 Å². The van der Waals surface area contributed by atoms with Crippen LogP contribution in [0, 0.1) is 0 Å². The molecule has 2 heterocycles. The molecular formula is C17H18FN5O2S2. The molecule has 4 N–H and O–H groups in total. The number of hydrogen-bond donors (Lipinski definition) is 2. The van der Waals surface area contributed by atoms with Crippen LogP contribution < -0.4 is 20.9 Å². The monoisotopic (exact) mass is 407 g/mol. The fourth-order valence-electron chi connectivity index (χ4n) is 2.24. The van der Waals surface area contributed by atoms with Gasteiger partial charge in [0.2, 0.25) is 0 Å². The number of aromatic nitrogens is 3. The second-order valence-corrected chi connectivity index (χ2v) is 7.14. The molecule has 0 atom stereocenters. The molecule has 1 aromatic carbocycles. The lowest BCUT2D eigenvalue weighted by molar-refractivity contribution is 0.260. The zero-order valence-electron chi connectivity index (χ0n) is 14.5. The number of halogens is 1. The minimum atomic E-state index is -0.567. The molecule has 0 radical (unpaired) electrons. The van der Waals surface area contributed by atoms with Crippen LogP contribution >= 0.6 is 23.1 Å². The van der Waals surface area contributed by atoms with Crippen LogP contribution in [0.1, 0.15) is 5.69 Å². The second kappa shape index (κ2) is 8.87. The molecule has 7 nitrogen and oxygen atoms in total. The van der Waals surface area contributed by atoms with E-state index in [9.17, 15) is 4.39 Å². The van der Waals surface area contributed by atoms with E-state index in [1.54, 1.807) is 19.2 Å². The van der Waals surface area contributed by atoms with Gasteiger partial charge in [0.15, 0.2) is 16.7 Å². The number of thioether (sulfide) groups is 1. The maximum Gasteiger partial charge on any atom is 0.191 e. The lowest BCUT2D eigenvalue weighted by atomic mass is 10.2. The molecule has 0 aliphatic carbocycles. The average Bonchev–Trinajstić information content (AvgIpc) is 3.13. The van der Waals surface area contributed by atoms with Crippen molar-refractivity contribution in [3.8, 4) is 22.1 Å². The van der Waals surface area contributed by atoms with Crippen molar-refractivity contribution in [2.75, 3.05) is 31.9 Å². The normalized spacial score (nSPS) is 10.7. The summed E-state index contributed by atoms with van der Waals surface area (Å²) in [6.45, 7) is -0.592. The number of methoxy groups -OCH3 is 1. The summed E-state index contributed by atoms with van der Waals surface area (Å²) < 4.78 is 23.1. The Labute approximate surface area is 164 Å². The number of ether oxygens (including phenoxy) is 2. The van der Waals surface area contributed by atoms with Gasteiger partial charge in [-0.3, -0.25) is 0 Å². The molecule has 0 aliphatic rings. The maximum absolute atomic E-state index is 12.4. The first-order chi connectivity index (χ1) is 13.1. The highest BCUT2D eigenvalue weighted by Gasteiger charge is 2.11. The molecule has 27 heavy (non-hydrogen) atoms. The Kier molecular flexibility index (Phi) is 6.30. The fraction of sp³-hybridized carbons (Fsp3) is 0.235. The Hall–Kier alpha value is -2.59. The molecule has 3 rings (SSSR count). The molecule has 0 saturated heterocycles. The minimum Gasteiger partial charge on any atom is -0.493 e. The van der Waals surface area contributed by atoms with Crippen LogP contribution in [0.15, 0.2) is 34.8 Å². The van der Waals surface area contributed by atoms with Gasteiger partial charge >= 0.3 is 0 Å². The summed E-state index contributed by atoms with van der Waals surface area (Å²) in [5.74, 6) is 2.30. The summed E-state index contributed by atoms with van der Waals surface area (Å²) in [7, 11) is 1.54. The molecule has 0 bridgehead atoms. The van der Waals surface area contributed by atoms with Gasteiger partial charge in [-0.2, -0.15) is 0 Å². The lowest BCUT2D eigenvalue weighted by Gasteiger charge is -2.10. The van der Waals surface area contributed by atoms with Crippen LogP contribution in [0.25, 0.3) is 10.6 Å². The summed E-state index contributed by atoms with van der Waals surface area (Å²) in [4.78, 5) is 12.9. The van der Waals surface area contributed by atoms with E-state index in [0.717, 1.165) is 16.3 Å². The number of nitrogens with two attached hydrogens (primary N) is 2. The third-order valence-electron chi connectivity index (χ3n) is 3.39. The van der Waals surface area contributed by atoms with Crippen molar-refractivity contribution in [1.29, 1.82) is 0 Å². The van der Waals surface area contributed by atoms with Crippen molar-refractivity contribution >= 4 is 34.7 Å². The first-order valence-corrected chi connectivity index (χ1v) is 9.80. The van der Waals surface area contributed by atoms with E-state index in [1.165, 1.54) is 29.2 Å². The smallest absolute Gasteiger partial charge is 0.191 e. The molecule has 0 unspecified atom stereocenters. The van der Waals surface area contributed by atoms with Crippen molar-refractivity contribution in [2.24, 2.45) is 0 Å². The SMILES string of the molecule is COc1ccc(-c2nc(CSc3nc(N)cc(N)n3)cs2)cc1OCCF. The van der Waals surface area contributed by atoms with Crippen LogP contribution in [0.4, 0.5) is 16.0 Å². The summed E-state index contributed by atoms with van der Waals surface area (Å²) in [5, 5.41) is 3.30. The van der Waals surface area contributed by atoms with Gasteiger partial charge in [0.05, 0.1) is 12.8 Å². The highest BCUT2D eigenvalue weighted by atomic mass is 32.2. The fourth-order valence-corrected chi connectivity index (χ4v) is 3.93. The first-order valence-electron chi connectivity index (χ1n) is 7.93. The third kappa shape index (κ3) is 4.98. The van der Waals surface area contributed by atoms with Crippen molar-refractivity contribution in [3.63, 3.8) is 0 Å². The highest BCUT2D eigenvalue weighted by Crippen LogP contribution is 2.34. The van der Waals surface area contributed by atoms with Gasteiger partial charge in [-0.1, -0.05) is 11.8 Å². The predicted molar refractivity (Wildman–Crippen MR) is 106 cm³/mol. The number of nitrogen functional groups attached to an aromatic ring is 2. The van der Waals surface area contributed by atoms with E-state index < -0.39 is 6.67 Å². The number of nitrogens with zero attached hydrogens (tertiary/aromatic N) is 3. The topological polar surface area (TPSA) is 109 Å². The van der Waals surface area contributed by atoms with E-state index in [0.29, 0.717) is 34.0 Å². The Bertz CT molecular complexity index is 902. The van der Waals surface area contributed by atoms with E-state index >= 15 is 0 Å². The van der Waals surface area contributed by atoms with E-state index in [-0.39, 0.29) is 6.61 Å². The molecule has 3 aromatic rings. The molecule has 0 aliphatic heterocycles. The van der Waals surface area contributed by atoms with E-state index in [1.807, 2.05) is 11.4 Å². The Balaban J connectivity index is 1.73. The number of benzene rings is 1. The number of alkyl halides is 1. The first kappa shape index (κ1) is 19.2. The highest BCUT2D eigenvalue weighted by molar-refractivity contribution is 7.98. The van der Waals surface area contributed by atoms with Crippen molar-refractivity contribution in [1.82, 2.24) is 15.0 Å². The van der Waals surface area contributed by atoms with Gasteiger partial charge < -0.3 is 20.9 Å². The van der Waals surface area contributed by atoms with E-state index in [2.05, 4.69) is 15.0 Å². The molecular weight excluding hydrogens is 389 g/mol. The predicted octanol–water partition coefficient (Wildman–Crippen LogP) is 3.41. The van der Waals surface area contributed by atoms with Crippen molar-refractivity contribution in [2.45, 2.75) is 10.9 Å². The lowest BCUT2D eigenvalue weighted by Crippen LogP contribution is -2.00. The Morgan fingerprint density at radius 2 is 1.89 bits per heavy atom. The Morgan fingerprint density at radius 1 is 1.11 bits per heavy atom. The van der Waals surface area contributed by atoms with E-state index in [4.69, 9.17) is 20.9 Å².